The summed E-state index contributed by atoms with van der Waals surface area (Å²) in [4.78, 5) is 29.6. The molecule has 30 heavy (non-hydrogen) atoms. The van der Waals surface area contributed by atoms with Crippen LogP contribution in [0.2, 0.25) is 0 Å². The number of esters is 1. The van der Waals surface area contributed by atoms with Crippen molar-refractivity contribution in [3.8, 4) is 5.75 Å². The number of amides is 1. The summed E-state index contributed by atoms with van der Waals surface area (Å²) in [6.45, 7) is 10.3. The predicted octanol–water partition coefficient (Wildman–Crippen LogP) is 4.59. The Balaban J connectivity index is 1.99. The molecule has 0 radical (unpaired) electrons. The van der Waals surface area contributed by atoms with E-state index in [-0.39, 0.29) is 18.0 Å². The fourth-order valence-electron chi connectivity index (χ4n) is 2.91. The number of fused-ring (bicyclic) bond motifs is 1. The second-order valence-electron chi connectivity index (χ2n) is 6.79. The third-order valence-electron chi connectivity index (χ3n) is 4.18. The average molecular weight is 425 g/mol. The number of allylic oxidation sites excluding steroid dienone is 1. The van der Waals surface area contributed by atoms with Gasteiger partial charge in [0.1, 0.15) is 5.75 Å². The summed E-state index contributed by atoms with van der Waals surface area (Å²) in [7, 11) is 0. The number of rotatable bonds is 7. The first-order valence-corrected chi connectivity index (χ1v) is 10.5. The molecule has 156 valence electrons. The van der Waals surface area contributed by atoms with Crippen molar-refractivity contribution in [2.45, 2.75) is 33.4 Å². The quantitative estimate of drug-likeness (QED) is 0.411. The van der Waals surface area contributed by atoms with Crippen molar-refractivity contribution in [2.24, 2.45) is 4.99 Å². The van der Waals surface area contributed by atoms with Gasteiger partial charge >= 0.3 is 5.97 Å². The fraction of sp³-hybridized carbons (Fsp3) is 0.261. The number of hydrogen-bond acceptors (Lipinski definition) is 5. The normalized spacial score (nSPS) is 11.7. The summed E-state index contributed by atoms with van der Waals surface area (Å²) >= 11 is 1.34. The number of carbonyl (C=O) groups is 2. The highest BCUT2D eigenvalue weighted by atomic mass is 32.1. The lowest BCUT2D eigenvalue weighted by atomic mass is 10.2. The summed E-state index contributed by atoms with van der Waals surface area (Å²) in [5, 5.41) is 0. The van der Waals surface area contributed by atoms with Gasteiger partial charge in [0.2, 0.25) is 0 Å². The van der Waals surface area contributed by atoms with Crippen molar-refractivity contribution < 1.29 is 19.1 Å². The monoisotopic (exact) mass is 424 g/mol. The number of nitrogens with zero attached hydrogens (tertiary/aromatic N) is 2. The zero-order chi connectivity index (χ0) is 21.7. The van der Waals surface area contributed by atoms with Crippen LogP contribution in [0.3, 0.4) is 0 Å². The highest BCUT2D eigenvalue weighted by molar-refractivity contribution is 7.16. The van der Waals surface area contributed by atoms with Gasteiger partial charge in [-0.3, -0.25) is 4.79 Å². The Labute approximate surface area is 179 Å². The SMILES string of the molecule is C=CCn1c(=NC(=O)c2ccc(OC(C)C)cc2)sc2cc(C(=O)OCC)ccc21. The molecular weight excluding hydrogens is 400 g/mol. The van der Waals surface area contributed by atoms with E-state index in [0.29, 0.717) is 34.8 Å². The lowest BCUT2D eigenvalue weighted by Crippen LogP contribution is -2.16. The van der Waals surface area contributed by atoms with Crippen LogP contribution in [-0.4, -0.2) is 29.2 Å². The molecule has 1 heterocycles. The Morgan fingerprint density at radius 1 is 1.17 bits per heavy atom. The van der Waals surface area contributed by atoms with Crippen molar-refractivity contribution in [2.75, 3.05) is 6.61 Å². The largest absolute Gasteiger partial charge is 0.491 e. The molecule has 0 unspecified atom stereocenters. The van der Waals surface area contributed by atoms with E-state index in [4.69, 9.17) is 9.47 Å². The van der Waals surface area contributed by atoms with E-state index in [1.807, 2.05) is 24.5 Å². The molecule has 0 saturated carbocycles. The minimum absolute atomic E-state index is 0.0622. The van der Waals surface area contributed by atoms with Crippen LogP contribution < -0.4 is 9.54 Å². The summed E-state index contributed by atoms with van der Waals surface area (Å²) < 4.78 is 13.4. The first kappa shape index (κ1) is 21.5. The number of ether oxygens (including phenoxy) is 2. The zero-order valence-corrected chi connectivity index (χ0v) is 18.1. The molecular formula is C23H24N2O4S. The summed E-state index contributed by atoms with van der Waals surface area (Å²) in [6.07, 6.45) is 1.81. The Hall–Kier alpha value is -3.19. The van der Waals surface area contributed by atoms with Crippen LogP contribution in [0.15, 0.2) is 60.1 Å². The highest BCUT2D eigenvalue weighted by Gasteiger charge is 2.13. The van der Waals surface area contributed by atoms with Gasteiger partial charge in [0, 0.05) is 12.1 Å². The van der Waals surface area contributed by atoms with E-state index in [0.717, 1.165) is 10.2 Å². The maximum absolute atomic E-state index is 12.7. The van der Waals surface area contributed by atoms with Crippen LogP contribution >= 0.6 is 11.3 Å². The third kappa shape index (κ3) is 4.86. The molecule has 0 fully saturated rings. The summed E-state index contributed by atoms with van der Waals surface area (Å²) in [5.41, 5.74) is 1.82. The van der Waals surface area contributed by atoms with Gasteiger partial charge < -0.3 is 14.0 Å². The van der Waals surface area contributed by atoms with Crippen molar-refractivity contribution in [1.29, 1.82) is 0 Å². The Morgan fingerprint density at radius 2 is 1.87 bits per heavy atom. The van der Waals surface area contributed by atoms with E-state index in [2.05, 4.69) is 11.6 Å². The number of thiazole rings is 1. The molecule has 0 saturated heterocycles. The Kier molecular flexibility index (Phi) is 6.84. The smallest absolute Gasteiger partial charge is 0.338 e. The molecule has 0 aliphatic carbocycles. The summed E-state index contributed by atoms with van der Waals surface area (Å²) in [5.74, 6) is -0.0148. The molecule has 0 atom stereocenters. The molecule has 0 aliphatic heterocycles. The minimum atomic E-state index is -0.374. The maximum atomic E-state index is 12.7. The van der Waals surface area contributed by atoms with E-state index in [9.17, 15) is 9.59 Å². The molecule has 6 nitrogen and oxygen atoms in total. The number of hydrogen-bond donors (Lipinski definition) is 0. The maximum Gasteiger partial charge on any atom is 0.338 e. The first-order chi connectivity index (χ1) is 14.4. The van der Waals surface area contributed by atoms with Crippen molar-refractivity contribution in [3.05, 3.63) is 71.0 Å². The Bertz CT molecular complexity index is 1140. The lowest BCUT2D eigenvalue weighted by molar-refractivity contribution is 0.0526. The first-order valence-electron chi connectivity index (χ1n) is 9.70. The number of carbonyl (C=O) groups excluding carboxylic acids is 2. The predicted molar refractivity (Wildman–Crippen MR) is 118 cm³/mol. The van der Waals surface area contributed by atoms with Gasteiger partial charge in [-0.15, -0.1) is 6.58 Å². The molecule has 7 heteroatoms. The van der Waals surface area contributed by atoms with E-state index in [1.165, 1.54) is 11.3 Å². The zero-order valence-electron chi connectivity index (χ0n) is 17.3. The fourth-order valence-corrected chi connectivity index (χ4v) is 3.98. The second kappa shape index (κ2) is 9.54. The van der Waals surface area contributed by atoms with Crippen LogP contribution in [0.4, 0.5) is 0 Å². The van der Waals surface area contributed by atoms with Crippen LogP contribution in [-0.2, 0) is 11.3 Å². The molecule has 1 amide bonds. The minimum Gasteiger partial charge on any atom is -0.491 e. The summed E-state index contributed by atoms with van der Waals surface area (Å²) in [6, 6.07) is 12.2. The molecule has 0 N–H and O–H groups in total. The van der Waals surface area contributed by atoms with Gasteiger partial charge in [-0.1, -0.05) is 17.4 Å². The van der Waals surface area contributed by atoms with Gasteiger partial charge in [0.05, 0.1) is 28.5 Å². The molecule has 3 rings (SSSR count). The molecule has 1 aromatic heterocycles. The van der Waals surface area contributed by atoms with Crippen LogP contribution in [0.1, 0.15) is 41.5 Å². The second-order valence-corrected chi connectivity index (χ2v) is 7.80. The molecule has 0 bridgehead atoms. The van der Waals surface area contributed by atoms with Gasteiger partial charge in [0.15, 0.2) is 4.80 Å². The lowest BCUT2D eigenvalue weighted by Gasteiger charge is -2.09. The van der Waals surface area contributed by atoms with Crippen molar-refractivity contribution >= 4 is 33.4 Å². The molecule has 3 aromatic rings. The highest BCUT2D eigenvalue weighted by Crippen LogP contribution is 2.20. The van der Waals surface area contributed by atoms with Gasteiger partial charge in [0.25, 0.3) is 5.91 Å². The number of benzene rings is 2. The van der Waals surface area contributed by atoms with E-state index >= 15 is 0 Å². The van der Waals surface area contributed by atoms with Crippen molar-refractivity contribution in [3.63, 3.8) is 0 Å². The van der Waals surface area contributed by atoms with Crippen LogP contribution in [0.5, 0.6) is 5.75 Å². The Morgan fingerprint density at radius 3 is 2.50 bits per heavy atom. The van der Waals surface area contributed by atoms with Gasteiger partial charge in [-0.2, -0.15) is 4.99 Å². The molecule has 2 aromatic carbocycles. The number of aromatic nitrogens is 1. The topological polar surface area (TPSA) is 69.9 Å². The van der Waals surface area contributed by atoms with E-state index in [1.54, 1.807) is 49.4 Å². The van der Waals surface area contributed by atoms with Crippen LogP contribution in [0, 0.1) is 0 Å². The van der Waals surface area contributed by atoms with Crippen molar-refractivity contribution in [1.82, 2.24) is 4.57 Å². The molecule has 0 spiro atoms. The van der Waals surface area contributed by atoms with E-state index < -0.39 is 0 Å². The van der Waals surface area contributed by atoms with Gasteiger partial charge in [-0.05, 0) is 63.2 Å². The van der Waals surface area contributed by atoms with Gasteiger partial charge in [-0.25, -0.2) is 4.79 Å². The van der Waals surface area contributed by atoms with Crippen LogP contribution in [0.25, 0.3) is 10.2 Å². The standard InChI is InChI=1S/C23H24N2O4S/c1-5-13-25-19-12-9-17(22(27)28-6-2)14-20(19)30-23(25)24-21(26)16-7-10-18(11-8-16)29-15(3)4/h5,7-12,14-15H,1,6,13H2,2-4H3. The molecule has 0 aliphatic rings. The third-order valence-corrected chi connectivity index (χ3v) is 5.22. The average Bonchev–Trinajstić information content (AvgIpc) is 3.05.